The highest BCUT2D eigenvalue weighted by Gasteiger charge is 2.80. The van der Waals surface area contributed by atoms with Crippen LogP contribution in [-0.4, -0.2) is 59.8 Å². The van der Waals surface area contributed by atoms with Crippen LogP contribution in [0.1, 0.15) is 33.1 Å². The number of nitrogens with zero attached hydrogens (tertiary/aromatic N) is 3. The van der Waals surface area contributed by atoms with E-state index in [-0.39, 0.29) is 23.9 Å². The van der Waals surface area contributed by atoms with E-state index < -0.39 is 29.1 Å². The zero-order chi connectivity index (χ0) is 28.7. The van der Waals surface area contributed by atoms with E-state index in [0.29, 0.717) is 50.6 Å². The van der Waals surface area contributed by atoms with Crippen LogP contribution in [0, 0.1) is 5.41 Å². The number of carbonyl (C=O) groups is 2. The minimum Gasteiger partial charge on any atom is -0.493 e. The fourth-order valence-corrected chi connectivity index (χ4v) is 8.87. The van der Waals surface area contributed by atoms with Crippen molar-refractivity contribution in [2.75, 3.05) is 30.9 Å². The summed E-state index contributed by atoms with van der Waals surface area (Å²) in [6, 6.07) is 14.6. The summed E-state index contributed by atoms with van der Waals surface area (Å²) >= 11 is 1.57. The second-order valence-corrected chi connectivity index (χ2v) is 11.5. The van der Waals surface area contributed by atoms with E-state index >= 15 is 4.79 Å². The molecule has 1 amide bonds. The highest BCUT2D eigenvalue weighted by molar-refractivity contribution is 7.99. The predicted octanol–water partition coefficient (Wildman–Crippen LogP) is 4.69. The number of anilines is 1. The van der Waals surface area contributed by atoms with Gasteiger partial charge in [0.1, 0.15) is 5.54 Å². The van der Waals surface area contributed by atoms with Crippen LogP contribution in [0.4, 0.5) is 18.9 Å². The highest BCUT2D eigenvalue weighted by Crippen LogP contribution is 2.71. The van der Waals surface area contributed by atoms with Gasteiger partial charge in [0.15, 0.2) is 17.3 Å². The maximum absolute atomic E-state index is 15.0. The summed E-state index contributed by atoms with van der Waals surface area (Å²) in [5, 5.41) is 0.329. The van der Waals surface area contributed by atoms with Gasteiger partial charge in [-0.2, -0.15) is 9.90 Å². The predicted molar refractivity (Wildman–Crippen MR) is 143 cm³/mol. The van der Waals surface area contributed by atoms with Crippen LogP contribution in [0.2, 0.25) is 0 Å². The van der Waals surface area contributed by atoms with Gasteiger partial charge in [-0.15, -0.1) is 24.9 Å². The molecule has 2 saturated heterocycles. The topological polar surface area (TPSA) is 81.2 Å². The zero-order valence-electron chi connectivity index (χ0n) is 22.0. The van der Waals surface area contributed by atoms with Gasteiger partial charge < -0.3 is 9.47 Å². The molecule has 12 heteroatoms. The minimum atomic E-state index is -5.14. The fraction of sp³-hybridized carbons (Fsp3) is 0.345. The number of methoxy groups -OCH3 is 2. The second kappa shape index (κ2) is 8.94. The summed E-state index contributed by atoms with van der Waals surface area (Å²) in [4.78, 5) is 40.7. The summed E-state index contributed by atoms with van der Waals surface area (Å²) in [5.74, 6) is -0.244. The maximum Gasteiger partial charge on any atom is 0.544 e. The molecule has 1 aromatic heterocycles. The Morgan fingerprint density at radius 1 is 1.02 bits per heavy atom. The van der Waals surface area contributed by atoms with Crippen molar-refractivity contribution in [2.24, 2.45) is 5.41 Å². The Balaban J connectivity index is 1.55. The number of benzene rings is 2. The van der Waals surface area contributed by atoms with E-state index in [1.54, 1.807) is 54.4 Å². The van der Waals surface area contributed by atoms with Gasteiger partial charge in [0.2, 0.25) is 0 Å². The molecule has 0 saturated carbocycles. The normalized spacial score (nSPS) is 28.5. The first-order chi connectivity index (χ1) is 19.7. The first kappa shape index (κ1) is 26.3. The average molecular weight is 584 g/mol. The van der Waals surface area contributed by atoms with Gasteiger partial charge in [0.05, 0.1) is 25.3 Å². The van der Waals surface area contributed by atoms with Crippen molar-refractivity contribution in [1.82, 2.24) is 9.88 Å². The van der Waals surface area contributed by atoms with Gasteiger partial charge in [-0.05, 0) is 42.3 Å². The number of fused-ring (bicyclic) bond motifs is 6. The van der Waals surface area contributed by atoms with Crippen molar-refractivity contribution in [3.63, 3.8) is 0 Å². The first-order valence-electron chi connectivity index (χ1n) is 12.9. The van der Waals surface area contributed by atoms with Crippen molar-refractivity contribution in [2.45, 2.75) is 30.3 Å². The quantitative estimate of drug-likeness (QED) is 0.438. The second-order valence-electron chi connectivity index (χ2n) is 10.5. The van der Waals surface area contributed by atoms with Crippen LogP contribution in [0.25, 0.3) is 0 Å². The third kappa shape index (κ3) is 3.29. The lowest BCUT2D eigenvalue weighted by atomic mass is 9.58. The molecule has 41 heavy (non-hydrogen) atoms. The molecule has 3 aromatic rings. The molecule has 0 unspecified atom stereocenters. The Morgan fingerprint density at radius 3 is 2.46 bits per heavy atom. The van der Waals surface area contributed by atoms with Crippen molar-refractivity contribution in [3.05, 3.63) is 83.2 Å². The van der Waals surface area contributed by atoms with Crippen molar-refractivity contribution >= 4 is 29.1 Å². The van der Waals surface area contributed by atoms with E-state index in [2.05, 4.69) is 9.82 Å². The van der Waals surface area contributed by atoms with Gasteiger partial charge in [0, 0.05) is 46.6 Å². The van der Waals surface area contributed by atoms with Crippen LogP contribution in [-0.2, 0) is 21.6 Å². The summed E-state index contributed by atoms with van der Waals surface area (Å²) in [7, 11) is 2.95. The van der Waals surface area contributed by atoms with Crippen LogP contribution in [0.5, 0.6) is 11.5 Å². The molecule has 3 aliphatic heterocycles. The lowest BCUT2D eigenvalue weighted by Crippen LogP contribution is -2.60. The van der Waals surface area contributed by atoms with Gasteiger partial charge in [-0.3, -0.25) is 19.5 Å². The molecule has 7 rings (SSSR count). The summed E-state index contributed by atoms with van der Waals surface area (Å²) < 4.78 is 52.3. The number of amides is 1. The maximum atomic E-state index is 15.0. The molecule has 0 radical (unpaired) electrons. The lowest BCUT2D eigenvalue weighted by Gasteiger charge is -2.44. The molecule has 4 aliphatic rings. The number of para-hydroxylation sites is 1. The smallest absolute Gasteiger partial charge is 0.493 e. The minimum absolute atomic E-state index is 0.0366. The molecular weight excluding hydrogens is 559 g/mol. The number of rotatable bonds is 4. The third-order valence-corrected chi connectivity index (χ3v) is 9.89. The molecule has 212 valence electrons. The van der Waals surface area contributed by atoms with Gasteiger partial charge in [-0.1, -0.05) is 24.3 Å². The largest absolute Gasteiger partial charge is 0.544 e. The number of hydroxylamine groups is 1. The summed E-state index contributed by atoms with van der Waals surface area (Å²) in [5.41, 5.74) is -1.49. The molecule has 0 bridgehead atoms. The molecule has 4 atom stereocenters. The SMILES string of the molecule is COc1cc2c(cc1OC)C(=O)[C@]1(C2)[C@@H](c2ccccn2)[C@@H]2CSCN2[C@@]12C(=O)N(OC(F)(F)F)c1ccccc12. The number of aromatic nitrogens is 1. The number of pyridine rings is 1. The number of hydrogen-bond acceptors (Lipinski definition) is 8. The lowest BCUT2D eigenvalue weighted by molar-refractivity contribution is -0.327. The van der Waals surface area contributed by atoms with Crippen molar-refractivity contribution < 1.29 is 37.1 Å². The van der Waals surface area contributed by atoms with E-state index in [9.17, 15) is 18.0 Å². The Labute approximate surface area is 237 Å². The van der Waals surface area contributed by atoms with E-state index in [4.69, 9.17) is 9.47 Å². The number of thioether (sulfide) groups is 1. The molecule has 2 fully saturated rings. The number of Topliss-reactive ketones (excluding diaryl/α,β-unsaturated/α-hetero) is 1. The molecule has 1 aliphatic carbocycles. The molecule has 2 aromatic carbocycles. The third-order valence-electron chi connectivity index (χ3n) is 8.85. The molecular formula is C29H24F3N3O5S. The van der Waals surface area contributed by atoms with Crippen LogP contribution in [0.15, 0.2) is 60.8 Å². The molecule has 0 N–H and O–H groups in total. The number of hydrogen-bond donors (Lipinski definition) is 0. The van der Waals surface area contributed by atoms with Crippen molar-refractivity contribution in [3.8, 4) is 11.5 Å². The highest BCUT2D eigenvalue weighted by atomic mass is 32.2. The first-order valence-corrected chi connectivity index (χ1v) is 14.1. The number of ketones is 1. The van der Waals surface area contributed by atoms with Crippen LogP contribution < -0.4 is 14.5 Å². The van der Waals surface area contributed by atoms with Crippen LogP contribution >= 0.6 is 11.8 Å². The molecule has 8 nitrogen and oxygen atoms in total. The van der Waals surface area contributed by atoms with Gasteiger partial charge >= 0.3 is 6.36 Å². The van der Waals surface area contributed by atoms with Crippen LogP contribution in [0.3, 0.4) is 0 Å². The number of halogens is 3. The fourth-order valence-electron chi connectivity index (χ4n) is 7.57. The van der Waals surface area contributed by atoms with E-state index in [1.807, 2.05) is 17.0 Å². The number of ether oxygens (including phenoxy) is 2. The molecule has 2 spiro atoms. The van der Waals surface area contributed by atoms with Gasteiger partial charge in [0.25, 0.3) is 5.91 Å². The average Bonchev–Trinajstić information content (AvgIpc) is 3.67. The Morgan fingerprint density at radius 2 is 1.76 bits per heavy atom. The molecule has 4 heterocycles. The van der Waals surface area contributed by atoms with Crippen molar-refractivity contribution in [1.29, 1.82) is 0 Å². The standard InChI is InChI=1S/C29H24F3N3O5S/c1-38-22-11-16-13-27(25(36)17(16)12-23(22)39-2)24(19-8-5-6-10-33-19)21-14-41-15-34(21)28(27)18-7-3-4-9-20(18)35(26(28)37)40-29(30,31)32/h3-12,21,24H,13-15H2,1-2H3/t21-,24-,27-,28-/m0/s1. The monoisotopic (exact) mass is 583 g/mol. The Hall–Kier alpha value is -3.61. The zero-order valence-corrected chi connectivity index (χ0v) is 22.8. The van der Waals surface area contributed by atoms with E-state index in [0.717, 1.165) is 0 Å². The Bertz CT molecular complexity index is 1590. The Kier molecular flexibility index (Phi) is 5.74. The summed E-state index contributed by atoms with van der Waals surface area (Å²) in [6.07, 6.45) is -3.42. The summed E-state index contributed by atoms with van der Waals surface area (Å²) in [6.45, 7) is 0. The number of carbonyl (C=O) groups excluding carboxylic acids is 2. The van der Waals surface area contributed by atoms with E-state index in [1.165, 1.54) is 20.3 Å². The number of alkyl halides is 3. The van der Waals surface area contributed by atoms with Gasteiger partial charge in [-0.25, -0.2) is 0 Å².